The van der Waals surface area contributed by atoms with Crippen LogP contribution in [0.4, 0.5) is 11.4 Å². The van der Waals surface area contributed by atoms with E-state index in [1.165, 1.54) is 5.56 Å². The summed E-state index contributed by atoms with van der Waals surface area (Å²) in [5.74, 6) is 0.251. The van der Waals surface area contributed by atoms with Crippen molar-refractivity contribution in [2.45, 2.75) is 13.8 Å². The first-order chi connectivity index (χ1) is 9.61. The average Bonchev–Trinajstić information content (AvgIpc) is 2.39. The Morgan fingerprint density at radius 3 is 2.57 bits per heavy atom. The normalized spacial score (nSPS) is 10.2. The predicted octanol–water partition coefficient (Wildman–Crippen LogP) is 4.72. The molecule has 2 N–H and O–H groups in total. The van der Waals surface area contributed by atoms with E-state index in [2.05, 4.69) is 29.4 Å². The van der Waals surface area contributed by atoms with E-state index in [9.17, 15) is 5.11 Å². The van der Waals surface area contributed by atoms with E-state index in [1.807, 2.05) is 31.2 Å². The van der Waals surface area contributed by atoms with Gasteiger partial charge in [0.15, 0.2) is 0 Å². The van der Waals surface area contributed by atoms with Crippen molar-refractivity contribution in [2.75, 3.05) is 5.32 Å². The zero-order chi connectivity index (χ0) is 14.1. The maximum atomic E-state index is 9.55. The largest absolute Gasteiger partial charge is 0.508 e. The number of nitrogens with one attached hydrogen (secondary N) is 1. The lowest BCUT2D eigenvalue weighted by Gasteiger charge is -2.11. The molecule has 1 aromatic heterocycles. The van der Waals surface area contributed by atoms with Crippen molar-refractivity contribution in [3.8, 4) is 5.75 Å². The van der Waals surface area contributed by atoms with Gasteiger partial charge in [-0.3, -0.25) is 4.98 Å². The molecule has 0 amide bonds. The van der Waals surface area contributed by atoms with Crippen LogP contribution in [0, 0.1) is 13.8 Å². The van der Waals surface area contributed by atoms with Crippen molar-refractivity contribution in [1.29, 1.82) is 0 Å². The lowest BCUT2D eigenvalue weighted by atomic mass is 10.1. The van der Waals surface area contributed by atoms with Crippen molar-refractivity contribution in [3.05, 3.63) is 59.8 Å². The van der Waals surface area contributed by atoms with Crippen LogP contribution in [0.2, 0.25) is 0 Å². The molecule has 3 rings (SSSR count). The molecular formula is C17H17ClN2O. The quantitative estimate of drug-likeness (QED) is 0.719. The Balaban J connectivity index is 0.00000161. The number of nitrogens with zero attached hydrogens (tertiary/aromatic N) is 1. The monoisotopic (exact) mass is 300 g/mol. The highest BCUT2D eigenvalue weighted by Gasteiger charge is 2.05. The number of benzene rings is 2. The summed E-state index contributed by atoms with van der Waals surface area (Å²) in [4.78, 5) is 4.55. The molecule has 0 atom stereocenters. The first-order valence-corrected chi connectivity index (χ1v) is 6.56. The smallest absolute Gasteiger partial charge is 0.117 e. The standard InChI is InChI=1S/C17H16N2O.ClH/c1-11-6-7-16-15(8-11)17(9-12(2)18-16)19-13-4-3-5-14(20)10-13;/h3-10,20H,1-2H3,(H,18,19);1H. The molecular weight excluding hydrogens is 284 g/mol. The predicted molar refractivity (Wildman–Crippen MR) is 89.9 cm³/mol. The van der Waals surface area contributed by atoms with Crippen molar-refractivity contribution in [2.24, 2.45) is 0 Å². The number of aryl methyl sites for hydroxylation is 2. The van der Waals surface area contributed by atoms with Crippen LogP contribution in [0.5, 0.6) is 5.75 Å². The molecule has 3 aromatic rings. The Bertz CT molecular complexity index is 787. The number of aromatic hydroxyl groups is 1. The number of phenolic OH excluding ortho intramolecular Hbond substituents is 1. The molecule has 0 aliphatic carbocycles. The van der Waals surface area contributed by atoms with Crippen molar-refractivity contribution in [3.63, 3.8) is 0 Å². The Morgan fingerprint density at radius 2 is 1.81 bits per heavy atom. The lowest BCUT2D eigenvalue weighted by Crippen LogP contribution is -1.95. The minimum atomic E-state index is 0. The minimum absolute atomic E-state index is 0. The van der Waals surface area contributed by atoms with Gasteiger partial charge in [-0.05, 0) is 44.2 Å². The number of phenols is 1. The topological polar surface area (TPSA) is 45.2 Å². The van der Waals surface area contributed by atoms with Gasteiger partial charge in [0.25, 0.3) is 0 Å². The molecule has 0 spiro atoms. The molecule has 0 radical (unpaired) electrons. The summed E-state index contributed by atoms with van der Waals surface area (Å²) in [6, 6.07) is 15.3. The summed E-state index contributed by atoms with van der Waals surface area (Å²) in [5.41, 5.74) is 4.99. The van der Waals surface area contributed by atoms with Crippen LogP contribution in [0.15, 0.2) is 48.5 Å². The van der Waals surface area contributed by atoms with E-state index in [0.717, 1.165) is 28.0 Å². The Labute approximate surface area is 130 Å². The van der Waals surface area contributed by atoms with Crippen LogP contribution in [0.1, 0.15) is 11.3 Å². The molecule has 1 heterocycles. The third-order valence-corrected chi connectivity index (χ3v) is 3.22. The van der Waals surface area contributed by atoms with Gasteiger partial charge in [-0.15, -0.1) is 12.4 Å². The van der Waals surface area contributed by atoms with Gasteiger partial charge in [0, 0.05) is 28.5 Å². The number of pyridine rings is 1. The van der Waals surface area contributed by atoms with Gasteiger partial charge in [-0.25, -0.2) is 0 Å². The van der Waals surface area contributed by atoms with Crippen molar-refractivity contribution in [1.82, 2.24) is 4.98 Å². The summed E-state index contributed by atoms with van der Waals surface area (Å²) in [5, 5.41) is 14.0. The van der Waals surface area contributed by atoms with Crippen LogP contribution in [0.3, 0.4) is 0 Å². The molecule has 0 saturated heterocycles. The summed E-state index contributed by atoms with van der Waals surface area (Å²) in [7, 11) is 0. The fourth-order valence-electron chi connectivity index (χ4n) is 2.31. The molecule has 0 aliphatic rings. The van der Waals surface area contributed by atoms with Gasteiger partial charge in [0.1, 0.15) is 5.75 Å². The van der Waals surface area contributed by atoms with E-state index in [1.54, 1.807) is 12.1 Å². The maximum Gasteiger partial charge on any atom is 0.117 e. The zero-order valence-corrected chi connectivity index (χ0v) is 12.7. The summed E-state index contributed by atoms with van der Waals surface area (Å²) in [6.07, 6.45) is 0. The molecule has 0 bridgehead atoms. The van der Waals surface area contributed by atoms with Gasteiger partial charge in [-0.2, -0.15) is 0 Å². The summed E-state index contributed by atoms with van der Waals surface area (Å²) < 4.78 is 0. The second kappa shape index (κ2) is 6.02. The SMILES string of the molecule is Cc1ccc2nc(C)cc(Nc3cccc(O)c3)c2c1.Cl. The van der Waals surface area contributed by atoms with Crippen LogP contribution < -0.4 is 5.32 Å². The number of hydrogen-bond donors (Lipinski definition) is 2. The fourth-order valence-corrected chi connectivity index (χ4v) is 2.31. The van der Waals surface area contributed by atoms with E-state index in [4.69, 9.17) is 0 Å². The molecule has 2 aromatic carbocycles. The van der Waals surface area contributed by atoms with E-state index >= 15 is 0 Å². The van der Waals surface area contributed by atoms with Crippen molar-refractivity contribution >= 4 is 34.7 Å². The number of rotatable bonds is 2. The zero-order valence-electron chi connectivity index (χ0n) is 11.9. The first kappa shape index (κ1) is 15.1. The number of anilines is 2. The Morgan fingerprint density at radius 1 is 1.00 bits per heavy atom. The second-order valence-corrected chi connectivity index (χ2v) is 5.01. The highest BCUT2D eigenvalue weighted by atomic mass is 35.5. The molecule has 3 nitrogen and oxygen atoms in total. The van der Waals surface area contributed by atoms with Crippen LogP contribution >= 0.6 is 12.4 Å². The third-order valence-electron chi connectivity index (χ3n) is 3.22. The third kappa shape index (κ3) is 3.26. The average molecular weight is 301 g/mol. The van der Waals surface area contributed by atoms with Crippen LogP contribution in [-0.2, 0) is 0 Å². The fraction of sp³-hybridized carbons (Fsp3) is 0.118. The molecule has 0 fully saturated rings. The van der Waals surface area contributed by atoms with Gasteiger partial charge < -0.3 is 10.4 Å². The Hall–Kier alpha value is -2.26. The summed E-state index contributed by atoms with van der Waals surface area (Å²) in [6.45, 7) is 4.05. The van der Waals surface area contributed by atoms with Gasteiger partial charge in [-0.1, -0.05) is 17.7 Å². The van der Waals surface area contributed by atoms with E-state index < -0.39 is 0 Å². The molecule has 0 aliphatic heterocycles. The minimum Gasteiger partial charge on any atom is -0.508 e. The maximum absolute atomic E-state index is 9.55. The molecule has 4 heteroatoms. The number of aromatic nitrogens is 1. The Kier molecular flexibility index (Phi) is 4.34. The molecule has 0 unspecified atom stereocenters. The number of fused-ring (bicyclic) bond motifs is 1. The van der Waals surface area contributed by atoms with Gasteiger partial charge in [0.2, 0.25) is 0 Å². The van der Waals surface area contributed by atoms with Gasteiger partial charge >= 0.3 is 0 Å². The highest BCUT2D eigenvalue weighted by molar-refractivity contribution is 5.93. The molecule has 0 saturated carbocycles. The van der Waals surface area contributed by atoms with Gasteiger partial charge in [0.05, 0.1) is 5.52 Å². The lowest BCUT2D eigenvalue weighted by molar-refractivity contribution is 0.475. The van der Waals surface area contributed by atoms with Crippen LogP contribution in [0.25, 0.3) is 10.9 Å². The first-order valence-electron chi connectivity index (χ1n) is 6.56. The number of halogens is 1. The summed E-state index contributed by atoms with van der Waals surface area (Å²) >= 11 is 0. The van der Waals surface area contributed by atoms with E-state index in [-0.39, 0.29) is 18.2 Å². The number of hydrogen-bond acceptors (Lipinski definition) is 3. The van der Waals surface area contributed by atoms with Crippen LogP contribution in [-0.4, -0.2) is 10.1 Å². The second-order valence-electron chi connectivity index (χ2n) is 5.01. The molecule has 21 heavy (non-hydrogen) atoms. The molecule has 108 valence electrons. The van der Waals surface area contributed by atoms with Crippen molar-refractivity contribution < 1.29 is 5.11 Å². The van der Waals surface area contributed by atoms with E-state index in [0.29, 0.717) is 0 Å². The highest BCUT2D eigenvalue weighted by Crippen LogP contribution is 2.28.